The van der Waals surface area contributed by atoms with Gasteiger partial charge < -0.3 is 4.74 Å². The largest absolute Gasteiger partial charge is 0.460 e. The van der Waals surface area contributed by atoms with E-state index in [-0.39, 0.29) is 17.8 Å². The van der Waals surface area contributed by atoms with Gasteiger partial charge in [0.15, 0.2) is 0 Å². The summed E-state index contributed by atoms with van der Waals surface area (Å²) in [6.07, 6.45) is 4.12. The number of Topliss-reactive ketones (excluding diaryl/α,β-unsaturated/α-hetero) is 3. The molecule has 0 aromatic carbocycles. The Hall–Kier alpha value is -1.52. The quantitative estimate of drug-likeness (QED) is 0.453. The van der Waals surface area contributed by atoms with Crippen molar-refractivity contribution in [2.45, 2.75) is 66.7 Å². The first-order valence-electron chi connectivity index (χ1n) is 8.31. The maximum Gasteiger partial charge on any atom is 0.375 e. The number of ether oxygens (including phenoxy) is 1. The van der Waals surface area contributed by atoms with Gasteiger partial charge in [0, 0.05) is 17.3 Å². The van der Waals surface area contributed by atoms with Gasteiger partial charge in [-0.2, -0.15) is 0 Å². The predicted molar refractivity (Wildman–Crippen MR) is 85.8 cm³/mol. The molecule has 0 spiro atoms. The number of hydrogen-bond donors (Lipinski definition) is 0. The molecule has 5 heteroatoms. The fourth-order valence-electron chi connectivity index (χ4n) is 2.99. The van der Waals surface area contributed by atoms with E-state index in [2.05, 4.69) is 4.74 Å². The Kier molecular flexibility index (Phi) is 6.25. The van der Waals surface area contributed by atoms with Crippen molar-refractivity contribution in [1.29, 1.82) is 0 Å². The van der Waals surface area contributed by atoms with Crippen LogP contribution in [0.25, 0.3) is 0 Å². The highest BCUT2D eigenvalue weighted by Gasteiger charge is 2.46. The van der Waals surface area contributed by atoms with Crippen LogP contribution >= 0.6 is 0 Å². The van der Waals surface area contributed by atoms with E-state index in [1.54, 1.807) is 20.8 Å². The average molecular weight is 324 g/mol. The smallest absolute Gasteiger partial charge is 0.375 e. The lowest BCUT2D eigenvalue weighted by atomic mass is 9.88. The van der Waals surface area contributed by atoms with Crippen molar-refractivity contribution in [2.24, 2.45) is 16.7 Å². The molecule has 130 valence electrons. The molecule has 2 aliphatic carbocycles. The summed E-state index contributed by atoms with van der Waals surface area (Å²) < 4.78 is 4.59. The summed E-state index contributed by atoms with van der Waals surface area (Å²) in [5, 5.41) is 0. The second-order valence-electron chi connectivity index (χ2n) is 7.58. The average Bonchev–Trinajstić information content (AvgIpc) is 2.90. The second kappa shape index (κ2) is 7.37. The highest BCUT2D eigenvalue weighted by molar-refractivity contribution is 6.38. The number of rotatable bonds is 3. The van der Waals surface area contributed by atoms with E-state index in [1.165, 1.54) is 0 Å². The summed E-state index contributed by atoms with van der Waals surface area (Å²) in [6.45, 7) is 9.45. The summed E-state index contributed by atoms with van der Waals surface area (Å²) in [7, 11) is 0. The van der Waals surface area contributed by atoms with Crippen molar-refractivity contribution in [3.8, 4) is 0 Å². The van der Waals surface area contributed by atoms with Crippen LogP contribution in [0.4, 0.5) is 0 Å². The first-order chi connectivity index (χ1) is 10.5. The van der Waals surface area contributed by atoms with Crippen LogP contribution in [0.1, 0.15) is 66.7 Å². The summed E-state index contributed by atoms with van der Waals surface area (Å²) in [5.41, 5.74) is -0.465. The third-order valence-corrected chi connectivity index (χ3v) is 4.80. The Labute approximate surface area is 138 Å². The van der Waals surface area contributed by atoms with Crippen molar-refractivity contribution in [2.75, 3.05) is 6.61 Å². The molecule has 2 aliphatic rings. The molecular weight excluding hydrogens is 296 g/mol. The Morgan fingerprint density at radius 1 is 1.09 bits per heavy atom. The van der Waals surface area contributed by atoms with Crippen molar-refractivity contribution < 1.29 is 23.9 Å². The Bertz CT molecular complexity index is 502. The predicted octanol–water partition coefficient (Wildman–Crippen LogP) is 2.89. The minimum atomic E-state index is -0.881. The molecule has 0 aromatic rings. The number of carbonyl (C=O) groups is 4. The van der Waals surface area contributed by atoms with Crippen molar-refractivity contribution in [3.05, 3.63) is 0 Å². The molecule has 1 atom stereocenters. The van der Waals surface area contributed by atoms with E-state index in [0.717, 1.165) is 19.3 Å². The van der Waals surface area contributed by atoms with Gasteiger partial charge in [-0.05, 0) is 32.6 Å². The maximum absolute atomic E-state index is 11.7. The molecule has 0 aliphatic heterocycles. The summed E-state index contributed by atoms with van der Waals surface area (Å²) in [6, 6.07) is 0. The molecular formula is C18H28O5. The molecule has 0 aromatic heterocycles. The van der Waals surface area contributed by atoms with Crippen LogP contribution in [-0.4, -0.2) is 29.9 Å². The van der Waals surface area contributed by atoms with Gasteiger partial charge in [0.1, 0.15) is 11.6 Å². The van der Waals surface area contributed by atoms with Crippen LogP contribution in [0.15, 0.2) is 0 Å². The molecule has 23 heavy (non-hydrogen) atoms. The molecule has 0 radical (unpaired) electrons. The maximum atomic E-state index is 11.7. The highest BCUT2D eigenvalue weighted by atomic mass is 16.5. The molecule has 5 nitrogen and oxygen atoms in total. The van der Waals surface area contributed by atoms with E-state index in [1.807, 2.05) is 13.8 Å². The van der Waals surface area contributed by atoms with E-state index in [9.17, 15) is 19.2 Å². The first kappa shape index (κ1) is 19.5. The zero-order chi connectivity index (χ0) is 17.8. The number of hydrogen-bond acceptors (Lipinski definition) is 5. The molecule has 2 fully saturated rings. The summed E-state index contributed by atoms with van der Waals surface area (Å²) >= 11 is 0. The molecule has 1 unspecified atom stereocenters. The zero-order valence-corrected chi connectivity index (χ0v) is 14.9. The van der Waals surface area contributed by atoms with Gasteiger partial charge in [-0.15, -0.1) is 0 Å². The van der Waals surface area contributed by atoms with Gasteiger partial charge in [-0.1, -0.05) is 27.7 Å². The molecule has 2 rings (SSSR count). The Morgan fingerprint density at radius 2 is 1.70 bits per heavy atom. The number of esters is 1. The standard InChI is InChI=1S/C11H16O4.C7H12O/c1-4-15-10(14)8(12)7-5-6-11(2,3)9(7)13;1-7(2)5-3-4-6(7)8/h7H,4-6H2,1-3H3;3-5H2,1-2H3. The second-order valence-corrected chi connectivity index (χ2v) is 7.58. The zero-order valence-electron chi connectivity index (χ0n) is 14.9. The van der Waals surface area contributed by atoms with Crippen LogP contribution in [0.3, 0.4) is 0 Å². The number of ketones is 3. The van der Waals surface area contributed by atoms with Gasteiger partial charge in [0.2, 0.25) is 5.78 Å². The van der Waals surface area contributed by atoms with Crippen LogP contribution in [0.2, 0.25) is 0 Å². The summed E-state index contributed by atoms with van der Waals surface area (Å²) in [5.74, 6) is -2.04. The van der Waals surface area contributed by atoms with Crippen LogP contribution in [0, 0.1) is 16.7 Å². The topological polar surface area (TPSA) is 77.5 Å². The lowest BCUT2D eigenvalue weighted by Crippen LogP contribution is -2.32. The van der Waals surface area contributed by atoms with Gasteiger partial charge in [-0.3, -0.25) is 14.4 Å². The lowest BCUT2D eigenvalue weighted by molar-refractivity contribution is -0.156. The molecule has 0 bridgehead atoms. The van der Waals surface area contributed by atoms with E-state index in [0.29, 0.717) is 18.6 Å². The normalized spacial score (nSPS) is 24.8. The minimum absolute atomic E-state index is 0.0139. The van der Waals surface area contributed by atoms with Crippen LogP contribution in [0.5, 0.6) is 0 Å². The highest BCUT2D eigenvalue weighted by Crippen LogP contribution is 2.38. The van der Waals surface area contributed by atoms with E-state index < -0.39 is 23.1 Å². The van der Waals surface area contributed by atoms with Gasteiger partial charge in [0.05, 0.1) is 12.5 Å². The van der Waals surface area contributed by atoms with Gasteiger partial charge in [-0.25, -0.2) is 4.79 Å². The van der Waals surface area contributed by atoms with Gasteiger partial charge >= 0.3 is 5.97 Å². The molecule has 0 N–H and O–H groups in total. The molecule has 2 saturated carbocycles. The summed E-state index contributed by atoms with van der Waals surface area (Å²) in [4.78, 5) is 45.3. The van der Waals surface area contributed by atoms with E-state index in [4.69, 9.17) is 0 Å². The third-order valence-electron chi connectivity index (χ3n) is 4.80. The first-order valence-corrected chi connectivity index (χ1v) is 8.31. The van der Waals surface area contributed by atoms with Crippen molar-refractivity contribution >= 4 is 23.3 Å². The van der Waals surface area contributed by atoms with Crippen molar-refractivity contribution in [3.63, 3.8) is 0 Å². The van der Waals surface area contributed by atoms with E-state index >= 15 is 0 Å². The molecule has 0 amide bonds. The van der Waals surface area contributed by atoms with Crippen molar-refractivity contribution in [1.82, 2.24) is 0 Å². The monoisotopic (exact) mass is 324 g/mol. The molecule has 0 heterocycles. The SMILES string of the molecule is CC1(C)CCCC1=O.CCOC(=O)C(=O)C1CCC(C)(C)C1=O. The van der Waals surface area contributed by atoms with Crippen LogP contribution < -0.4 is 0 Å². The molecule has 0 saturated heterocycles. The fourth-order valence-corrected chi connectivity index (χ4v) is 2.99. The lowest BCUT2D eigenvalue weighted by Gasteiger charge is -2.14. The van der Waals surface area contributed by atoms with Gasteiger partial charge in [0.25, 0.3) is 0 Å². The Morgan fingerprint density at radius 3 is 2.00 bits per heavy atom. The Balaban J connectivity index is 0.000000277. The number of carbonyl (C=O) groups excluding carboxylic acids is 4. The minimum Gasteiger partial charge on any atom is -0.460 e. The fraction of sp³-hybridized carbons (Fsp3) is 0.778. The van der Waals surface area contributed by atoms with Crippen LogP contribution in [-0.2, 0) is 23.9 Å². The third kappa shape index (κ3) is 4.72.